The summed E-state index contributed by atoms with van der Waals surface area (Å²) >= 11 is 0. The Morgan fingerprint density at radius 1 is 0.378 bits per heavy atom. The minimum Gasteiger partial charge on any atom is -0.462 e. The number of rotatable bonds is 60. The zero-order valence-electron chi connectivity index (χ0n) is 53.4. The second-order valence-corrected chi connectivity index (χ2v) is 24.5. The summed E-state index contributed by atoms with van der Waals surface area (Å²) in [5, 5.41) is 0. The summed E-state index contributed by atoms with van der Waals surface area (Å²) in [5.74, 6) is -0.800. The van der Waals surface area contributed by atoms with Gasteiger partial charge in [-0.15, -0.1) is 0 Å². The van der Waals surface area contributed by atoms with Crippen LogP contribution in [0, 0.1) is 0 Å². The Balaban J connectivity index is 4.10. The molecule has 0 saturated carbocycles. The van der Waals surface area contributed by atoms with Crippen molar-refractivity contribution in [3.8, 4) is 0 Å². The van der Waals surface area contributed by atoms with Gasteiger partial charge in [0.1, 0.15) is 19.8 Å². The van der Waals surface area contributed by atoms with E-state index in [1.807, 2.05) is 21.1 Å². The highest BCUT2D eigenvalue weighted by molar-refractivity contribution is 7.47. The Hall–Kier alpha value is -3.59. The van der Waals surface area contributed by atoms with E-state index < -0.39 is 26.5 Å². The summed E-state index contributed by atoms with van der Waals surface area (Å²) in [6.45, 7) is 4.22. The minimum atomic E-state index is -4.40. The number of allylic oxidation sites excluding steroid dienone is 20. The molecule has 0 aliphatic rings. The van der Waals surface area contributed by atoms with Gasteiger partial charge >= 0.3 is 19.8 Å². The van der Waals surface area contributed by atoms with Crippen molar-refractivity contribution in [3.63, 3.8) is 0 Å². The molecule has 1 N–H and O–H groups in total. The van der Waals surface area contributed by atoms with E-state index in [1.54, 1.807) is 0 Å². The van der Waals surface area contributed by atoms with E-state index in [1.165, 1.54) is 135 Å². The lowest BCUT2D eigenvalue weighted by Gasteiger charge is -2.24. The molecule has 470 valence electrons. The average molecular weight is 1160 g/mol. The van der Waals surface area contributed by atoms with Crippen LogP contribution in [0.25, 0.3) is 0 Å². The maximum atomic E-state index is 12.9. The van der Waals surface area contributed by atoms with Crippen LogP contribution in [0.2, 0.25) is 0 Å². The molecular formula is C72H125NO8P+. The van der Waals surface area contributed by atoms with Crippen molar-refractivity contribution in [1.29, 1.82) is 0 Å². The molecule has 0 radical (unpaired) electrons. The summed E-state index contributed by atoms with van der Waals surface area (Å²) < 4.78 is 34.7. The first-order valence-corrected chi connectivity index (χ1v) is 34.8. The lowest BCUT2D eigenvalue weighted by molar-refractivity contribution is -0.870. The highest BCUT2D eigenvalue weighted by atomic mass is 31.2. The fourth-order valence-electron chi connectivity index (χ4n) is 8.95. The van der Waals surface area contributed by atoms with Gasteiger partial charge in [0.05, 0.1) is 27.7 Å². The predicted molar refractivity (Wildman–Crippen MR) is 353 cm³/mol. The molecule has 0 aliphatic carbocycles. The van der Waals surface area contributed by atoms with Gasteiger partial charge in [-0.1, -0.05) is 277 Å². The first-order valence-electron chi connectivity index (χ1n) is 33.3. The lowest BCUT2D eigenvalue weighted by atomic mass is 10.0. The number of nitrogens with zero attached hydrogens (tertiary/aromatic N) is 1. The van der Waals surface area contributed by atoms with Gasteiger partial charge in [-0.3, -0.25) is 18.6 Å². The van der Waals surface area contributed by atoms with Gasteiger partial charge in [-0.25, -0.2) is 4.57 Å². The molecule has 0 heterocycles. The van der Waals surface area contributed by atoms with Crippen LogP contribution in [0.3, 0.4) is 0 Å². The van der Waals surface area contributed by atoms with Crippen LogP contribution in [0.4, 0.5) is 0 Å². The fourth-order valence-corrected chi connectivity index (χ4v) is 9.69. The Labute approximate surface area is 505 Å². The molecule has 82 heavy (non-hydrogen) atoms. The van der Waals surface area contributed by atoms with E-state index in [0.29, 0.717) is 17.4 Å². The smallest absolute Gasteiger partial charge is 0.462 e. The first-order chi connectivity index (χ1) is 40.0. The molecule has 0 saturated heterocycles. The highest BCUT2D eigenvalue weighted by Crippen LogP contribution is 2.43. The number of phosphoric acid groups is 1. The normalized spacial score (nSPS) is 14.0. The molecule has 10 heteroatoms. The number of unbranched alkanes of at least 4 members (excludes halogenated alkanes) is 26. The number of carbonyl (C=O) groups excluding carboxylic acids is 2. The average Bonchev–Trinajstić information content (AvgIpc) is 3.46. The minimum absolute atomic E-state index is 0.0266. The molecule has 0 amide bonds. The van der Waals surface area contributed by atoms with Crippen molar-refractivity contribution < 1.29 is 42.1 Å². The van der Waals surface area contributed by atoms with Crippen molar-refractivity contribution in [2.24, 2.45) is 0 Å². The van der Waals surface area contributed by atoms with Crippen LogP contribution >= 0.6 is 7.82 Å². The molecule has 9 nitrogen and oxygen atoms in total. The summed E-state index contributed by atoms with van der Waals surface area (Å²) in [7, 11) is 1.47. The largest absolute Gasteiger partial charge is 0.472 e. The molecule has 0 aliphatic heterocycles. The molecule has 0 rings (SSSR count). The number of ether oxygens (including phenoxy) is 2. The summed E-state index contributed by atoms with van der Waals surface area (Å²) in [5.41, 5.74) is 0. The molecule has 2 atom stereocenters. The molecule has 2 unspecified atom stereocenters. The zero-order chi connectivity index (χ0) is 59.8. The Morgan fingerprint density at radius 2 is 0.659 bits per heavy atom. The maximum Gasteiger partial charge on any atom is 0.472 e. The van der Waals surface area contributed by atoms with Crippen molar-refractivity contribution in [2.75, 3.05) is 47.5 Å². The van der Waals surface area contributed by atoms with Crippen LogP contribution in [0.1, 0.15) is 271 Å². The number of hydrogen-bond donors (Lipinski definition) is 1. The third-order valence-corrected chi connectivity index (χ3v) is 15.0. The van der Waals surface area contributed by atoms with E-state index in [2.05, 4.69) is 135 Å². The van der Waals surface area contributed by atoms with Crippen molar-refractivity contribution >= 4 is 19.8 Å². The van der Waals surface area contributed by atoms with E-state index in [9.17, 15) is 19.0 Å². The number of likely N-dealkylation sites (N-methyl/N-ethyl adjacent to an activating group) is 1. The third-order valence-electron chi connectivity index (χ3n) is 14.0. The van der Waals surface area contributed by atoms with Gasteiger partial charge in [0, 0.05) is 12.8 Å². The molecule has 0 fully saturated rings. The number of esters is 2. The van der Waals surface area contributed by atoms with Crippen LogP contribution < -0.4 is 0 Å². The van der Waals surface area contributed by atoms with E-state index in [0.717, 1.165) is 103 Å². The topological polar surface area (TPSA) is 108 Å². The summed E-state index contributed by atoms with van der Waals surface area (Å²) in [4.78, 5) is 35.9. The van der Waals surface area contributed by atoms with Gasteiger partial charge in [-0.2, -0.15) is 0 Å². The van der Waals surface area contributed by atoms with Crippen molar-refractivity contribution in [1.82, 2.24) is 0 Å². The maximum absolute atomic E-state index is 12.9. The third kappa shape index (κ3) is 65.6. The van der Waals surface area contributed by atoms with Crippen LogP contribution in [-0.2, 0) is 32.7 Å². The molecular weight excluding hydrogens is 1040 g/mol. The van der Waals surface area contributed by atoms with E-state index in [4.69, 9.17) is 18.5 Å². The van der Waals surface area contributed by atoms with E-state index >= 15 is 0 Å². The Morgan fingerprint density at radius 3 is 0.976 bits per heavy atom. The van der Waals surface area contributed by atoms with Crippen molar-refractivity contribution in [2.45, 2.75) is 277 Å². The monoisotopic (exact) mass is 1160 g/mol. The molecule has 0 bridgehead atoms. The van der Waals surface area contributed by atoms with Crippen LogP contribution in [-0.4, -0.2) is 74.9 Å². The standard InChI is InChI=1S/C72H124NO8P/c1-6-8-10-12-14-16-18-20-22-24-26-28-30-32-34-35-36-37-39-41-43-45-47-49-51-53-55-57-59-61-63-65-72(75)81-70(69-80-82(76,77)79-67-66-73(3,4)5)68-78-71(74)64-62-60-58-56-54-52-50-48-46-44-42-40-38-33-31-29-27-25-23-21-19-17-15-13-11-9-7-2/h8-11,14-17,20-23,26-29,32-34,38,70H,6-7,12-13,18-19,24-25,30-31,35-37,39-69H2,1-5H3/p+1/b10-8-,11-9-,16-14-,17-15-,22-20-,23-21-,28-26-,29-27-,34-32-,38-33-. The van der Waals surface area contributed by atoms with Gasteiger partial charge in [-0.05, 0) is 103 Å². The van der Waals surface area contributed by atoms with Crippen LogP contribution in [0.15, 0.2) is 122 Å². The quantitative estimate of drug-likeness (QED) is 0.0211. The first kappa shape index (κ1) is 78.4. The van der Waals surface area contributed by atoms with E-state index in [-0.39, 0.29) is 32.0 Å². The number of hydrogen-bond acceptors (Lipinski definition) is 7. The Kier molecular flexibility index (Phi) is 59.2. The SMILES string of the molecule is CC/C=C\C/C=C\C/C=C\C/C=C\C/C=C\CCCCCCCCCCCCCCCCCC(=O)OC(COC(=O)CCCCCCCCCCCCC/C=C\C/C=C\C/C=C\C/C=C\C/C=C\CC)COP(=O)(O)OCC[N+](C)(C)C. The summed E-state index contributed by atoms with van der Waals surface area (Å²) in [6, 6.07) is 0. The zero-order valence-corrected chi connectivity index (χ0v) is 54.3. The highest BCUT2D eigenvalue weighted by Gasteiger charge is 2.27. The number of quaternary nitrogens is 1. The van der Waals surface area contributed by atoms with Crippen molar-refractivity contribution in [3.05, 3.63) is 122 Å². The molecule has 0 spiro atoms. The lowest BCUT2D eigenvalue weighted by Crippen LogP contribution is -2.37. The second kappa shape index (κ2) is 62.0. The molecule has 0 aromatic heterocycles. The second-order valence-electron chi connectivity index (χ2n) is 23.1. The van der Waals surface area contributed by atoms with Crippen LogP contribution in [0.5, 0.6) is 0 Å². The van der Waals surface area contributed by atoms with Gasteiger partial charge in [0.25, 0.3) is 0 Å². The molecule has 0 aromatic carbocycles. The summed E-state index contributed by atoms with van der Waals surface area (Å²) in [6.07, 6.45) is 88.5. The fraction of sp³-hybridized carbons (Fsp3) is 0.694. The van der Waals surface area contributed by atoms with Gasteiger partial charge in [0.2, 0.25) is 0 Å². The predicted octanol–water partition coefficient (Wildman–Crippen LogP) is 21.5. The van der Waals surface area contributed by atoms with Gasteiger partial charge < -0.3 is 18.9 Å². The Bertz CT molecular complexity index is 1800. The molecule has 0 aromatic rings. The number of carbonyl (C=O) groups is 2. The van der Waals surface area contributed by atoms with Gasteiger partial charge in [0.15, 0.2) is 6.10 Å². The number of phosphoric ester groups is 1.